The molecule has 0 spiro atoms. The molecule has 136 valence electrons. The molecule has 0 bridgehead atoms. The zero-order chi connectivity index (χ0) is 18.3. The van der Waals surface area contributed by atoms with Crippen LogP contribution in [0.25, 0.3) is 0 Å². The molecule has 2 aromatic carbocycles. The van der Waals surface area contributed by atoms with Crippen molar-refractivity contribution in [2.75, 3.05) is 4.90 Å². The van der Waals surface area contributed by atoms with E-state index < -0.39 is 0 Å². The summed E-state index contributed by atoms with van der Waals surface area (Å²) in [4.78, 5) is 15.4. The van der Waals surface area contributed by atoms with E-state index in [-0.39, 0.29) is 11.3 Å². The Hall–Kier alpha value is -1.57. The van der Waals surface area contributed by atoms with Crippen molar-refractivity contribution in [1.29, 1.82) is 0 Å². The number of nitrogens with zero attached hydrogens (tertiary/aromatic N) is 1. The van der Waals surface area contributed by atoms with Crippen molar-refractivity contribution in [3.63, 3.8) is 0 Å². The fraction of sp³-hybridized carbons (Fsp3) is 0.435. The average Bonchev–Trinajstić information content (AvgIpc) is 2.63. The van der Waals surface area contributed by atoms with Crippen molar-refractivity contribution in [1.82, 2.24) is 0 Å². The van der Waals surface area contributed by atoms with Gasteiger partial charge in [0.15, 0.2) is 0 Å². The Labute approximate surface area is 163 Å². The SMILES string of the molecule is CC(=O)N1c2ccccc2CC2C1CCC([Se]c1ccccc1)C2(C)C. The van der Waals surface area contributed by atoms with Gasteiger partial charge in [-0.3, -0.25) is 0 Å². The van der Waals surface area contributed by atoms with Crippen molar-refractivity contribution in [2.24, 2.45) is 11.3 Å². The molecule has 1 aliphatic heterocycles. The summed E-state index contributed by atoms with van der Waals surface area (Å²) in [7, 11) is 0. The second kappa shape index (κ2) is 6.87. The summed E-state index contributed by atoms with van der Waals surface area (Å²) in [5, 5.41) is 0. The molecule has 3 atom stereocenters. The Morgan fingerprint density at radius 2 is 1.73 bits per heavy atom. The van der Waals surface area contributed by atoms with Gasteiger partial charge in [0.2, 0.25) is 0 Å². The van der Waals surface area contributed by atoms with Gasteiger partial charge in [-0.25, -0.2) is 0 Å². The monoisotopic (exact) mass is 413 g/mol. The normalized spacial score (nSPS) is 26.7. The van der Waals surface area contributed by atoms with Gasteiger partial charge in [0, 0.05) is 0 Å². The number of rotatable bonds is 2. The van der Waals surface area contributed by atoms with Crippen LogP contribution in [0.5, 0.6) is 0 Å². The van der Waals surface area contributed by atoms with E-state index in [1.54, 1.807) is 6.92 Å². The summed E-state index contributed by atoms with van der Waals surface area (Å²) in [6.07, 6.45) is 3.44. The molecule has 1 fully saturated rings. The number of carbonyl (C=O) groups is 1. The molecule has 1 amide bonds. The molecule has 0 N–H and O–H groups in total. The molecule has 0 radical (unpaired) electrons. The minimum absolute atomic E-state index is 0.190. The van der Waals surface area contributed by atoms with Gasteiger partial charge < -0.3 is 0 Å². The van der Waals surface area contributed by atoms with Crippen LogP contribution in [0, 0.1) is 11.3 Å². The standard InChI is InChI=1S/C23H27NOSe/c1-16(25)24-20-12-8-7-9-17(20)15-19-21(24)13-14-22(23(19,2)3)26-18-10-5-4-6-11-18/h4-12,19,21-22H,13-15H2,1-3H3. The third kappa shape index (κ3) is 3.02. The van der Waals surface area contributed by atoms with Gasteiger partial charge in [-0.05, 0) is 0 Å². The quantitative estimate of drug-likeness (QED) is 0.677. The summed E-state index contributed by atoms with van der Waals surface area (Å²) in [5.74, 6) is 0.723. The second-order valence-electron chi connectivity index (χ2n) is 8.21. The molecule has 0 saturated heterocycles. The van der Waals surface area contributed by atoms with Gasteiger partial charge >= 0.3 is 163 Å². The number of benzene rings is 2. The second-order valence-corrected chi connectivity index (χ2v) is 10.9. The Bertz CT molecular complexity index is 801. The summed E-state index contributed by atoms with van der Waals surface area (Å²) in [6.45, 7) is 6.63. The Morgan fingerprint density at radius 3 is 2.46 bits per heavy atom. The fourth-order valence-corrected chi connectivity index (χ4v) is 7.83. The molecule has 3 unspecified atom stereocenters. The van der Waals surface area contributed by atoms with Crippen LogP contribution in [0.3, 0.4) is 0 Å². The molecular formula is C23H27NOSe. The first kappa shape index (κ1) is 17.8. The van der Waals surface area contributed by atoms with Gasteiger partial charge in [-0.2, -0.15) is 0 Å². The maximum absolute atomic E-state index is 12.5. The molecule has 2 nitrogen and oxygen atoms in total. The molecule has 1 saturated carbocycles. The number of hydrogen-bond donors (Lipinski definition) is 0. The zero-order valence-corrected chi connectivity index (χ0v) is 17.5. The third-order valence-corrected chi connectivity index (χ3v) is 9.87. The number of fused-ring (bicyclic) bond motifs is 2. The van der Waals surface area contributed by atoms with Crippen LogP contribution in [-0.4, -0.2) is 26.9 Å². The van der Waals surface area contributed by atoms with Crippen molar-refractivity contribution in [3.8, 4) is 0 Å². The maximum atomic E-state index is 12.5. The topological polar surface area (TPSA) is 20.3 Å². The van der Waals surface area contributed by atoms with Crippen molar-refractivity contribution >= 4 is 31.0 Å². The van der Waals surface area contributed by atoms with Crippen LogP contribution < -0.4 is 9.36 Å². The third-order valence-electron chi connectivity index (χ3n) is 6.36. The van der Waals surface area contributed by atoms with E-state index in [9.17, 15) is 4.79 Å². The first-order valence-electron chi connectivity index (χ1n) is 9.58. The van der Waals surface area contributed by atoms with Crippen LogP contribution in [0.15, 0.2) is 54.6 Å². The predicted octanol–water partition coefficient (Wildman–Crippen LogP) is 4.22. The van der Waals surface area contributed by atoms with Crippen LogP contribution in [0.1, 0.15) is 39.2 Å². The van der Waals surface area contributed by atoms with E-state index in [0.717, 1.165) is 23.3 Å². The van der Waals surface area contributed by atoms with Gasteiger partial charge in [0.1, 0.15) is 0 Å². The van der Waals surface area contributed by atoms with Crippen molar-refractivity contribution in [2.45, 2.75) is 50.9 Å². The van der Waals surface area contributed by atoms with E-state index in [4.69, 9.17) is 0 Å². The summed E-state index contributed by atoms with van der Waals surface area (Å²) in [6, 6.07) is 19.8. The van der Waals surface area contributed by atoms with Crippen LogP contribution in [-0.2, 0) is 11.2 Å². The molecule has 26 heavy (non-hydrogen) atoms. The summed E-state index contributed by atoms with van der Waals surface area (Å²) >= 11 is 0.480. The Kier molecular flexibility index (Phi) is 4.71. The molecule has 2 aromatic rings. The van der Waals surface area contributed by atoms with Gasteiger partial charge in [0.05, 0.1) is 0 Å². The van der Waals surface area contributed by atoms with E-state index in [1.807, 2.05) is 0 Å². The van der Waals surface area contributed by atoms with Crippen molar-refractivity contribution in [3.05, 3.63) is 60.2 Å². The van der Waals surface area contributed by atoms with Gasteiger partial charge in [-0.15, -0.1) is 0 Å². The molecule has 2 aliphatic rings. The number of para-hydroxylation sites is 1. The summed E-state index contributed by atoms with van der Waals surface area (Å²) < 4.78 is 1.50. The first-order chi connectivity index (χ1) is 12.5. The number of carbonyl (C=O) groups excluding carboxylic acids is 1. The predicted molar refractivity (Wildman–Crippen MR) is 109 cm³/mol. The van der Waals surface area contributed by atoms with E-state index in [0.29, 0.717) is 26.9 Å². The zero-order valence-electron chi connectivity index (χ0n) is 15.8. The van der Waals surface area contributed by atoms with Crippen molar-refractivity contribution < 1.29 is 4.79 Å². The molecular weight excluding hydrogens is 385 g/mol. The molecule has 1 heterocycles. The van der Waals surface area contributed by atoms with Crippen LogP contribution in [0.4, 0.5) is 5.69 Å². The number of anilines is 1. The fourth-order valence-electron chi connectivity index (χ4n) is 4.95. The molecule has 0 aromatic heterocycles. The molecule has 1 aliphatic carbocycles. The first-order valence-corrected chi connectivity index (χ1v) is 11.4. The Morgan fingerprint density at radius 1 is 1.04 bits per heavy atom. The Balaban J connectivity index is 1.67. The van der Waals surface area contributed by atoms with E-state index >= 15 is 0 Å². The van der Waals surface area contributed by atoms with Crippen LogP contribution >= 0.6 is 0 Å². The average molecular weight is 412 g/mol. The van der Waals surface area contributed by atoms with E-state index in [2.05, 4.69) is 73.3 Å². The number of amides is 1. The van der Waals surface area contributed by atoms with Gasteiger partial charge in [-0.1, -0.05) is 0 Å². The summed E-state index contributed by atoms with van der Waals surface area (Å²) in [5.41, 5.74) is 2.72. The van der Waals surface area contributed by atoms with E-state index in [1.165, 1.54) is 16.4 Å². The number of hydrogen-bond acceptors (Lipinski definition) is 1. The minimum atomic E-state index is 0.190. The molecule has 4 rings (SSSR count). The van der Waals surface area contributed by atoms with Gasteiger partial charge in [0.25, 0.3) is 0 Å². The van der Waals surface area contributed by atoms with Crippen LogP contribution in [0.2, 0.25) is 4.82 Å². The molecule has 3 heteroatoms.